The van der Waals surface area contributed by atoms with Gasteiger partial charge in [-0.05, 0) is 36.4 Å². The third-order valence-electron chi connectivity index (χ3n) is 8.46. The van der Waals surface area contributed by atoms with Gasteiger partial charge >= 0.3 is 0 Å². The van der Waals surface area contributed by atoms with Gasteiger partial charge in [-0.3, -0.25) is 0 Å². The predicted octanol–water partition coefficient (Wildman–Crippen LogP) is 10.7. The van der Waals surface area contributed by atoms with Crippen molar-refractivity contribution < 1.29 is 4.42 Å². The lowest BCUT2D eigenvalue weighted by Crippen LogP contribution is -1.96. The van der Waals surface area contributed by atoms with Crippen LogP contribution in [0.15, 0.2) is 156 Å². The SMILES string of the molecule is c1ccc(-c2cc(-c3cccc(-c4nc5ccccc5c5c4ccc4oc6ccccc6c45)c3)nc(-c3ccccc3)n2)cc1. The summed E-state index contributed by atoms with van der Waals surface area (Å²) < 4.78 is 6.29. The minimum Gasteiger partial charge on any atom is -0.456 e. The van der Waals surface area contributed by atoms with Crippen LogP contribution >= 0.6 is 0 Å². The number of nitrogens with zero attached hydrogens (tertiary/aromatic N) is 3. The quantitative estimate of drug-likeness (QED) is 0.196. The van der Waals surface area contributed by atoms with Gasteiger partial charge in [0, 0.05) is 49.2 Å². The topological polar surface area (TPSA) is 51.8 Å². The minimum atomic E-state index is 0.695. The van der Waals surface area contributed by atoms with Crippen molar-refractivity contribution in [2.75, 3.05) is 0 Å². The Morgan fingerprint density at radius 2 is 1.02 bits per heavy atom. The molecule has 3 aromatic heterocycles. The van der Waals surface area contributed by atoms with Gasteiger partial charge in [-0.2, -0.15) is 0 Å². The second kappa shape index (κ2) is 10.2. The van der Waals surface area contributed by atoms with Gasteiger partial charge in [0.15, 0.2) is 5.82 Å². The summed E-state index contributed by atoms with van der Waals surface area (Å²) in [4.78, 5) is 15.3. The molecule has 45 heavy (non-hydrogen) atoms. The number of benzene rings is 6. The maximum absolute atomic E-state index is 6.29. The van der Waals surface area contributed by atoms with Crippen molar-refractivity contribution in [2.45, 2.75) is 0 Å². The molecule has 0 bridgehead atoms. The van der Waals surface area contributed by atoms with Gasteiger partial charge in [0.1, 0.15) is 11.2 Å². The Morgan fingerprint density at radius 3 is 1.84 bits per heavy atom. The number of rotatable bonds is 4. The second-order valence-electron chi connectivity index (χ2n) is 11.2. The zero-order chi connectivity index (χ0) is 29.7. The fourth-order valence-corrected chi connectivity index (χ4v) is 6.37. The molecule has 0 radical (unpaired) electrons. The van der Waals surface area contributed by atoms with Gasteiger partial charge in [0.25, 0.3) is 0 Å². The van der Waals surface area contributed by atoms with Crippen molar-refractivity contribution in [3.05, 3.63) is 152 Å². The molecule has 0 amide bonds. The molecular formula is C41H25N3O. The summed E-state index contributed by atoms with van der Waals surface area (Å²) in [5.41, 5.74) is 9.44. The van der Waals surface area contributed by atoms with Crippen molar-refractivity contribution in [3.63, 3.8) is 0 Å². The normalized spacial score (nSPS) is 11.6. The Balaban J connectivity index is 1.28. The largest absolute Gasteiger partial charge is 0.456 e. The van der Waals surface area contributed by atoms with Crippen LogP contribution < -0.4 is 0 Å². The maximum atomic E-state index is 6.29. The average molecular weight is 576 g/mol. The number of pyridine rings is 1. The molecule has 0 aliphatic heterocycles. The van der Waals surface area contributed by atoms with Crippen molar-refractivity contribution >= 4 is 43.6 Å². The molecule has 210 valence electrons. The highest BCUT2D eigenvalue weighted by molar-refractivity contribution is 6.28. The van der Waals surface area contributed by atoms with E-state index in [0.717, 1.165) is 82.9 Å². The summed E-state index contributed by atoms with van der Waals surface area (Å²) in [6.45, 7) is 0. The molecule has 0 aliphatic carbocycles. The molecule has 0 N–H and O–H groups in total. The van der Waals surface area contributed by atoms with Crippen LogP contribution in [0.1, 0.15) is 0 Å². The van der Waals surface area contributed by atoms with E-state index in [0.29, 0.717) is 5.82 Å². The van der Waals surface area contributed by atoms with Crippen molar-refractivity contribution in [1.29, 1.82) is 0 Å². The lowest BCUT2D eigenvalue weighted by atomic mass is 9.95. The van der Waals surface area contributed by atoms with Crippen LogP contribution in [0.5, 0.6) is 0 Å². The molecule has 3 heterocycles. The molecule has 0 spiro atoms. The number of para-hydroxylation sites is 2. The standard InChI is InChI=1S/C41H25N3O/c1-3-12-26(13-4-1)34-25-35(44-41(43-34)27-14-5-2-6-15-27)28-16-11-17-29(24-28)40-32-22-23-37-39(31-19-8-10-21-36(31)45-37)38(32)30-18-7-9-20-33(30)42-40/h1-25H. The first kappa shape index (κ1) is 25.4. The monoisotopic (exact) mass is 575 g/mol. The average Bonchev–Trinajstić information content (AvgIpc) is 3.51. The van der Waals surface area contributed by atoms with Gasteiger partial charge < -0.3 is 4.42 Å². The van der Waals surface area contributed by atoms with E-state index in [1.165, 1.54) is 0 Å². The third-order valence-corrected chi connectivity index (χ3v) is 8.46. The zero-order valence-corrected chi connectivity index (χ0v) is 24.2. The molecule has 0 saturated heterocycles. The van der Waals surface area contributed by atoms with E-state index in [4.69, 9.17) is 19.4 Å². The summed E-state index contributed by atoms with van der Waals surface area (Å²) in [7, 11) is 0. The highest BCUT2D eigenvalue weighted by atomic mass is 16.3. The molecule has 0 saturated carbocycles. The van der Waals surface area contributed by atoms with Gasteiger partial charge in [-0.15, -0.1) is 0 Å². The first-order chi connectivity index (χ1) is 22.3. The lowest BCUT2D eigenvalue weighted by molar-refractivity contribution is 0.669. The molecule has 9 aromatic rings. The number of furan rings is 1. The van der Waals surface area contributed by atoms with Gasteiger partial charge in [-0.1, -0.05) is 115 Å². The minimum absolute atomic E-state index is 0.695. The van der Waals surface area contributed by atoms with E-state index >= 15 is 0 Å². The highest BCUT2D eigenvalue weighted by Crippen LogP contribution is 2.41. The number of aromatic nitrogens is 3. The van der Waals surface area contributed by atoms with E-state index in [2.05, 4.69) is 97.1 Å². The highest BCUT2D eigenvalue weighted by Gasteiger charge is 2.18. The van der Waals surface area contributed by atoms with Crippen molar-refractivity contribution in [1.82, 2.24) is 15.0 Å². The van der Waals surface area contributed by atoms with Gasteiger partial charge in [0.05, 0.1) is 22.6 Å². The summed E-state index contributed by atoms with van der Waals surface area (Å²) >= 11 is 0. The van der Waals surface area contributed by atoms with Crippen LogP contribution in [0.2, 0.25) is 0 Å². The molecule has 9 rings (SSSR count). The van der Waals surface area contributed by atoms with Crippen LogP contribution in [0.3, 0.4) is 0 Å². The third kappa shape index (κ3) is 4.27. The molecule has 0 atom stereocenters. The Morgan fingerprint density at radius 1 is 0.378 bits per heavy atom. The van der Waals surface area contributed by atoms with Gasteiger partial charge in [0.2, 0.25) is 0 Å². The van der Waals surface area contributed by atoms with E-state index in [-0.39, 0.29) is 0 Å². The Labute approximate surface area is 259 Å². The zero-order valence-electron chi connectivity index (χ0n) is 24.2. The lowest BCUT2D eigenvalue weighted by Gasteiger charge is -2.13. The summed E-state index contributed by atoms with van der Waals surface area (Å²) in [5.74, 6) is 0.695. The fourth-order valence-electron chi connectivity index (χ4n) is 6.37. The van der Waals surface area contributed by atoms with Crippen LogP contribution in [0.4, 0.5) is 0 Å². The summed E-state index contributed by atoms with van der Waals surface area (Å²) in [6.07, 6.45) is 0. The summed E-state index contributed by atoms with van der Waals surface area (Å²) in [6, 6.07) is 51.9. The number of fused-ring (bicyclic) bond motifs is 7. The Hall–Kier alpha value is -6.13. The van der Waals surface area contributed by atoms with Crippen molar-refractivity contribution in [2.24, 2.45) is 0 Å². The molecule has 0 fully saturated rings. The summed E-state index contributed by atoms with van der Waals surface area (Å²) in [5, 5.41) is 5.58. The molecule has 4 nitrogen and oxygen atoms in total. The molecular weight excluding hydrogens is 550 g/mol. The Bertz CT molecular complexity index is 2480. The second-order valence-corrected chi connectivity index (χ2v) is 11.2. The molecule has 4 heteroatoms. The first-order valence-corrected chi connectivity index (χ1v) is 15.0. The van der Waals surface area contributed by atoms with E-state index in [1.807, 2.05) is 54.6 Å². The van der Waals surface area contributed by atoms with Crippen LogP contribution in [-0.2, 0) is 0 Å². The van der Waals surface area contributed by atoms with Crippen LogP contribution in [0.25, 0.3) is 88.8 Å². The smallest absolute Gasteiger partial charge is 0.160 e. The molecule has 6 aromatic carbocycles. The Kier molecular flexibility index (Phi) is 5.78. The molecule has 0 aliphatic rings. The van der Waals surface area contributed by atoms with E-state index in [9.17, 15) is 0 Å². The molecule has 0 unspecified atom stereocenters. The number of hydrogen-bond acceptors (Lipinski definition) is 4. The number of hydrogen-bond donors (Lipinski definition) is 0. The van der Waals surface area contributed by atoms with E-state index in [1.54, 1.807) is 0 Å². The van der Waals surface area contributed by atoms with Crippen LogP contribution in [-0.4, -0.2) is 15.0 Å². The predicted molar refractivity (Wildman–Crippen MR) is 184 cm³/mol. The van der Waals surface area contributed by atoms with Crippen LogP contribution in [0, 0.1) is 0 Å². The van der Waals surface area contributed by atoms with Crippen molar-refractivity contribution in [3.8, 4) is 45.2 Å². The fraction of sp³-hybridized carbons (Fsp3) is 0. The maximum Gasteiger partial charge on any atom is 0.160 e. The van der Waals surface area contributed by atoms with Gasteiger partial charge in [-0.25, -0.2) is 15.0 Å². The van der Waals surface area contributed by atoms with E-state index < -0.39 is 0 Å². The first-order valence-electron chi connectivity index (χ1n) is 15.0.